The second kappa shape index (κ2) is 3.46. The van der Waals surface area contributed by atoms with Crippen LogP contribution in [0, 0.1) is 12.0 Å². The monoisotopic (exact) mass is 128 g/mol. The average Bonchev–Trinajstić information content (AvgIpc) is 1.98. The zero-order valence-corrected chi connectivity index (χ0v) is 7.58. The van der Waals surface area contributed by atoms with Gasteiger partial charge in [-0.15, -0.1) is 6.92 Å². The summed E-state index contributed by atoms with van der Waals surface area (Å²) in [6, 6.07) is 0. The first-order valence-corrected chi connectivity index (χ1v) is 3.40. The van der Waals surface area contributed by atoms with Crippen molar-refractivity contribution in [1.82, 2.24) is 0 Å². The molecule has 0 heterocycles. The minimum atomic E-state index is 0. The van der Waals surface area contributed by atoms with E-state index in [4.69, 9.17) is 0 Å². The van der Waals surface area contributed by atoms with E-state index in [1.807, 2.05) is 0 Å². The van der Waals surface area contributed by atoms with E-state index >= 15 is 0 Å². The van der Waals surface area contributed by atoms with Crippen LogP contribution in [0.4, 0.5) is 0 Å². The summed E-state index contributed by atoms with van der Waals surface area (Å²) in [6.07, 6.45) is 3.36. The molecule has 0 aromatic carbocycles. The Morgan fingerprint density at radius 3 is 1.80 bits per heavy atom. The van der Waals surface area contributed by atoms with Crippen molar-refractivity contribution in [3.8, 4) is 0 Å². The predicted octanol–water partition coefficient (Wildman–Crippen LogP) is -0.274. The van der Waals surface area contributed by atoms with Crippen molar-refractivity contribution < 1.29 is 18.9 Å². The molecule has 0 nitrogen and oxygen atoms in total. The van der Waals surface area contributed by atoms with Crippen molar-refractivity contribution >= 4 is 0 Å². The largest absolute Gasteiger partial charge is 1.00 e. The van der Waals surface area contributed by atoms with Crippen LogP contribution in [-0.4, -0.2) is 0 Å². The average molecular weight is 128 g/mol. The predicted molar refractivity (Wildman–Crippen MR) is 40.0 cm³/mol. The summed E-state index contributed by atoms with van der Waals surface area (Å²) in [7, 11) is 0. The summed E-state index contributed by atoms with van der Waals surface area (Å²) in [5.41, 5.74) is 4.25. The molecule has 0 saturated heterocycles. The summed E-state index contributed by atoms with van der Waals surface area (Å²) in [6.45, 7) is 8.67. The Morgan fingerprint density at radius 2 is 1.70 bits per heavy atom. The maximum Gasteiger partial charge on any atom is 1.00 e. The third-order valence-corrected chi connectivity index (χ3v) is 2.24. The van der Waals surface area contributed by atoms with Gasteiger partial charge in [-0.2, -0.15) is 11.1 Å². The molecule has 1 aliphatic rings. The Kier molecular flexibility index (Phi) is 3.49. The molecule has 0 aromatic heterocycles. The van der Waals surface area contributed by atoms with E-state index in [9.17, 15) is 0 Å². The molecule has 50 valence electrons. The van der Waals surface area contributed by atoms with Crippen molar-refractivity contribution in [3.05, 3.63) is 22.8 Å². The summed E-state index contributed by atoms with van der Waals surface area (Å²) in [5.74, 6) is 0.560. The van der Waals surface area contributed by atoms with Gasteiger partial charge in [0, 0.05) is 0 Å². The summed E-state index contributed by atoms with van der Waals surface area (Å²) >= 11 is 0. The van der Waals surface area contributed by atoms with E-state index in [2.05, 4.69) is 33.8 Å². The fourth-order valence-corrected chi connectivity index (χ4v) is 1.16. The van der Waals surface area contributed by atoms with Gasteiger partial charge in [0.2, 0.25) is 0 Å². The maximum absolute atomic E-state index is 3.36. The van der Waals surface area contributed by atoms with Crippen LogP contribution >= 0.6 is 0 Å². The molecule has 0 spiro atoms. The second-order valence-electron chi connectivity index (χ2n) is 2.80. The van der Waals surface area contributed by atoms with Gasteiger partial charge in [-0.3, -0.25) is 6.08 Å². The topological polar surface area (TPSA) is 0 Å². The molecule has 1 unspecified atom stereocenters. The minimum Gasteiger partial charge on any atom is -0.266 e. The molecule has 1 rings (SSSR count). The first-order valence-electron chi connectivity index (χ1n) is 3.40. The Bertz CT molecular complexity index is 187. The number of rotatable bonds is 0. The summed E-state index contributed by atoms with van der Waals surface area (Å²) < 4.78 is 0. The van der Waals surface area contributed by atoms with Crippen LogP contribution in [0.2, 0.25) is 0 Å². The van der Waals surface area contributed by atoms with E-state index in [-0.39, 0.29) is 18.9 Å². The molecule has 0 aliphatic heterocycles. The molecule has 0 amide bonds. The molecule has 10 heavy (non-hydrogen) atoms. The van der Waals surface area contributed by atoms with Gasteiger partial charge < -0.3 is 0 Å². The maximum atomic E-state index is 3.36. The zero-order chi connectivity index (χ0) is 7.02. The molecule has 1 atom stereocenters. The summed E-state index contributed by atoms with van der Waals surface area (Å²) in [5, 5.41) is 0. The van der Waals surface area contributed by atoms with Gasteiger partial charge in [-0.05, 0) is 0 Å². The van der Waals surface area contributed by atoms with E-state index in [1.54, 1.807) is 0 Å². The van der Waals surface area contributed by atoms with Crippen molar-refractivity contribution in [2.45, 2.75) is 27.7 Å². The van der Waals surface area contributed by atoms with Gasteiger partial charge in [0.05, 0.1) is 0 Å². The van der Waals surface area contributed by atoms with Crippen LogP contribution in [0.5, 0.6) is 0 Å². The van der Waals surface area contributed by atoms with Crippen molar-refractivity contribution in [1.29, 1.82) is 0 Å². The fourth-order valence-electron chi connectivity index (χ4n) is 1.16. The molecule has 1 aliphatic carbocycles. The molecule has 0 bridgehead atoms. The molecule has 0 N–H and O–H groups in total. The third kappa shape index (κ3) is 1.57. The normalized spacial score (nSPS) is 24.4. The SMILES string of the molecule is CC1=[C-]C(C)C(C)=C1C.[Li+]. The van der Waals surface area contributed by atoms with Crippen molar-refractivity contribution in [2.75, 3.05) is 0 Å². The summed E-state index contributed by atoms with van der Waals surface area (Å²) in [4.78, 5) is 0. The standard InChI is InChI=1S/C9H13.Li/c1-6-5-7(2)9(4)8(6)3;/h6H,1-4H3;/q-1;+1. The van der Waals surface area contributed by atoms with Crippen molar-refractivity contribution in [2.24, 2.45) is 5.92 Å². The van der Waals surface area contributed by atoms with E-state index in [0.717, 1.165) is 0 Å². The number of allylic oxidation sites excluding steroid dienone is 4. The van der Waals surface area contributed by atoms with Crippen LogP contribution in [-0.2, 0) is 0 Å². The first-order chi connectivity index (χ1) is 4.13. The molecular weight excluding hydrogens is 115 g/mol. The molecule has 0 fully saturated rings. The van der Waals surface area contributed by atoms with Crippen molar-refractivity contribution in [3.63, 3.8) is 0 Å². The van der Waals surface area contributed by atoms with Gasteiger partial charge in [0.15, 0.2) is 0 Å². The number of hydrogen-bond acceptors (Lipinski definition) is 0. The van der Waals surface area contributed by atoms with Gasteiger partial charge in [0.25, 0.3) is 0 Å². The molecule has 1 heteroatoms. The van der Waals surface area contributed by atoms with Crippen LogP contribution in [0.1, 0.15) is 27.7 Å². The smallest absolute Gasteiger partial charge is 0.266 e. The van der Waals surface area contributed by atoms with Crippen LogP contribution in [0.15, 0.2) is 16.7 Å². The van der Waals surface area contributed by atoms with Crippen LogP contribution < -0.4 is 18.9 Å². The Morgan fingerprint density at radius 1 is 1.20 bits per heavy atom. The minimum absolute atomic E-state index is 0. The molecule has 0 radical (unpaired) electrons. The Hall–Kier alpha value is 0.0774. The zero-order valence-electron chi connectivity index (χ0n) is 7.58. The van der Waals surface area contributed by atoms with Gasteiger partial charge in [0.1, 0.15) is 0 Å². The Labute approximate surface area is 75.6 Å². The van der Waals surface area contributed by atoms with E-state index in [0.29, 0.717) is 5.92 Å². The van der Waals surface area contributed by atoms with Gasteiger partial charge in [-0.25, -0.2) is 5.57 Å². The molecule has 0 saturated carbocycles. The number of hydrogen-bond donors (Lipinski definition) is 0. The van der Waals surface area contributed by atoms with Gasteiger partial charge >= 0.3 is 18.9 Å². The molecular formula is C9H13Li. The second-order valence-corrected chi connectivity index (χ2v) is 2.80. The third-order valence-electron chi connectivity index (χ3n) is 2.24. The first kappa shape index (κ1) is 10.1. The van der Waals surface area contributed by atoms with E-state index in [1.165, 1.54) is 16.7 Å². The Balaban J connectivity index is 0.000000810. The quantitative estimate of drug-likeness (QED) is 0.311. The molecule has 0 aromatic rings. The van der Waals surface area contributed by atoms with Crippen LogP contribution in [0.25, 0.3) is 0 Å². The van der Waals surface area contributed by atoms with Gasteiger partial charge in [-0.1, -0.05) is 26.7 Å². The fraction of sp³-hybridized carbons (Fsp3) is 0.556. The van der Waals surface area contributed by atoms with E-state index < -0.39 is 0 Å². The van der Waals surface area contributed by atoms with Crippen LogP contribution in [0.3, 0.4) is 0 Å².